The van der Waals surface area contributed by atoms with Crippen LogP contribution in [0, 0.1) is 0 Å². The normalized spacial score (nSPS) is 10.2. The number of halogens is 2. The van der Waals surface area contributed by atoms with Gasteiger partial charge in [-0.25, -0.2) is 0 Å². The fourth-order valence-corrected chi connectivity index (χ4v) is 2.27. The molecule has 18 heavy (non-hydrogen) atoms. The van der Waals surface area contributed by atoms with Crippen molar-refractivity contribution >= 4 is 39.1 Å². The Hall–Kier alpha value is -0.820. The van der Waals surface area contributed by atoms with Crippen molar-refractivity contribution in [1.29, 1.82) is 0 Å². The molecule has 0 heterocycles. The average molecular weight is 338 g/mol. The first-order valence-electron chi connectivity index (χ1n) is 5.19. The number of benzene rings is 1. The van der Waals surface area contributed by atoms with E-state index >= 15 is 0 Å². The Morgan fingerprint density at radius 3 is 2.89 bits per heavy atom. The van der Waals surface area contributed by atoms with Crippen LogP contribution in [0.4, 0.5) is 5.69 Å². The number of anilines is 1. The van der Waals surface area contributed by atoms with E-state index in [1.54, 1.807) is 12.1 Å². The van der Waals surface area contributed by atoms with Crippen LogP contribution in [0.1, 0.15) is 0 Å². The maximum atomic E-state index is 11.6. The summed E-state index contributed by atoms with van der Waals surface area (Å²) in [6, 6.07) is 3.28. The summed E-state index contributed by atoms with van der Waals surface area (Å²) in [5.74, 6) is 0.211. The van der Waals surface area contributed by atoms with E-state index in [9.17, 15) is 4.79 Å². The maximum absolute atomic E-state index is 11.6. The van der Waals surface area contributed by atoms with Gasteiger partial charge in [0.15, 0.2) is 5.75 Å². The lowest BCUT2D eigenvalue weighted by Gasteiger charge is -2.12. The lowest BCUT2D eigenvalue weighted by molar-refractivity contribution is -0.120. The van der Waals surface area contributed by atoms with Crippen LogP contribution in [0.3, 0.4) is 0 Å². The fraction of sp³-hybridized carbons (Fsp3) is 0.364. The Kier molecular flexibility index (Phi) is 6.42. The van der Waals surface area contributed by atoms with Gasteiger partial charge in [0.1, 0.15) is 6.61 Å². The summed E-state index contributed by atoms with van der Waals surface area (Å²) in [6.07, 6.45) is 0. The number of hydrogen-bond donors (Lipinski definition) is 2. The molecule has 0 unspecified atom stereocenters. The van der Waals surface area contributed by atoms with Gasteiger partial charge in [-0.2, -0.15) is 0 Å². The van der Waals surface area contributed by atoms with Crippen LogP contribution in [0.15, 0.2) is 16.6 Å². The van der Waals surface area contributed by atoms with Crippen molar-refractivity contribution in [1.82, 2.24) is 0 Å². The van der Waals surface area contributed by atoms with E-state index in [2.05, 4.69) is 21.2 Å². The molecule has 0 aromatic heterocycles. The number of carbonyl (C=O) groups is 1. The van der Waals surface area contributed by atoms with Gasteiger partial charge in [0.2, 0.25) is 5.91 Å². The quantitative estimate of drug-likeness (QED) is 0.779. The Morgan fingerprint density at radius 1 is 1.56 bits per heavy atom. The number of carbonyl (C=O) groups excluding carboxylic acids is 1. The Bertz CT molecular complexity index is 429. The second-order valence-electron chi connectivity index (χ2n) is 3.36. The van der Waals surface area contributed by atoms with E-state index in [4.69, 9.17) is 26.8 Å². The summed E-state index contributed by atoms with van der Waals surface area (Å²) in [4.78, 5) is 11.6. The Balaban J connectivity index is 2.74. The fourth-order valence-electron chi connectivity index (χ4n) is 1.30. The van der Waals surface area contributed by atoms with E-state index in [0.29, 0.717) is 34.1 Å². The summed E-state index contributed by atoms with van der Waals surface area (Å²) in [6.45, 7) is 0.646. The van der Waals surface area contributed by atoms with Crippen LogP contribution in [-0.4, -0.2) is 32.8 Å². The molecule has 1 amide bonds. The molecule has 5 nitrogen and oxygen atoms in total. The summed E-state index contributed by atoms with van der Waals surface area (Å²) in [5.41, 5.74) is 5.74. The van der Waals surface area contributed by atoms with Crippen LogP contribution in [-0.2, 0) is 9.53 Å². The third-order valence-corrected chi connectivity index (χ3v) is 2.79. The maximum Gasteiger partial charge on any atom is 0.250 e. The number of amides is 1. The molecular formula is C11H14BrClN2O3. The van der Waals surface area contributed by atoms with Gasteiger partial charge in [-0.05, 0) is 28.1 Å². The van der Waals surface area contributed by atoms with Crippen LogP contribution in [0.25, 0.3) is 0 Å². The number of hydrogen-bond acceptors (Lipinski definition) is 4. The van der Waals surface area contributed by atoms with E-state index in [1.165, 1.54) is 7.11 Å². The molecule has 0 aliphatic heterocycles. The van der Waals surface area contributed by atoms with Crippen molar-refractivity contribution in [3.63, 3.8) is 0 Å². The summed E-state index contributed by atoms with van der Waals surface area (Å²) in [5, 5.41) is 3.14. The molecule has 0 saturated heterocycles. The average Bonchev–Trinajstić information content (AvgIpc) is 2.28. The minimum Gasteiger partial charge on any atom is -0.493 e. The highest BCUT2D eigenvalue weighted by Crippen LogP contribution is 2.36. The van der Waals surface area contributed by atoms with E-state index < -0.39 is 0 Å². The first-order chi connectivity index (χ1) is 8.58. The zero-order valence-electron chi connectivity index (χ0n) is 9.83. The molecular weight excluding hydrogens is 323 g/mol. The molecule has 0 spiro atoms. The Morgan fingerprint density at radius 2 is 2.28 bits per heavy atom. The molecule has 3 N–H and O–H groups in total. The van der Waals surface area contributed by atoms with Crippen LogP contribution < -0.4 is 15.8 Å². The van der Waals surface area contributed by atoms with Crippen molar-refractivity contribution in [2.45, 2.75) is 0 Å². The second kappa shape index (κ2) is 7.58. The standard InChI is InChI=1S/C11H14BrClN2O3/c1-17-11-8(12)4-7(13)5-9(11)15-10(16)6-18-3-2-14/h4-5H,2-3,6,14H2,1H3,(H,15,16). The smallest absolute Gasteiger partial charge is 0.250 e. The topological polar surface area (TPSA) is 73.6 Å². The lowest BCUT2D eigenvalue weighted by atomic mass is 10.3. The minimum absolute atomic E-state index is 0.0650. The van der Waals surface area contributed by atoms with Crippen molar-refractivity contribution in [2.24, 2.45) is 5.73 Å². The summed E-state index contributed by atoms with van der Waals surface area (Å²) >= 11 is 9.21. The van der Waals surface area contributed by atoms with Gasteiger partial charge >= 0.3 is 0 Å². The predicted molar refractivity (Wildman–Crippen MR) is 74.2 cm³/mol. The van der Waals surface area contributed by atoms with Crippen LogP contribution >= 0.6 is 27.5 Å². The number of rotatable bonds is 6. The van der Waals surface area contributed by atoms with Gasteiger partial charge in [-0.1, -0.05) is 11.6 Å². The van der Waals surface area contributed by atoms with E-state index in [1.807, 2.05) is 0 Å². The molecule has 7 heteroatoms. The molecule has 0 saturated carbocycles. The van der Waals surface area contributed by atoms with Crippen molar-refractivity contribution in [2.75, 3.05) is 32.2 Å². The van der Waals surface area contributed by atoms with Crippen molar-refractivity contribution < 1.29 is 14.3 Å². The van der Waals surface area contributed by atoms with Crippen LogP contribution in [0.2, 0.25) is 5.02 Å². The molecule has 0 atom stereocenters. The highest BCUT2D eigenvalue weighted by Gasteiger charge is 2.12. The minimum atomic E-state index is -0.295. The largest absolute Gasteiger partial charge is 0.493 e. The molecule has 100 valence electrons. The summed E-state index contributed by atoms with van der Waals surface area (Å²) in [7, 11) is 1.51. The number of methoxy groups -OCH3 is 1. The lowest BCUT2D eigenvalue weighted by Crippen LogP contribution is -2.21. The molecule has 0 bridgehead atoms. The second-order valence-corrected chi connectivity index (χ2v) is 4.65. The Labute approximate surface area is 119 Å². The number of nitrogens with two attached hydrogens (primary N) is 1. The molecule has 1 aromatic carbocycles. The zero-order chi connectivity index (χ0) is 13.5. The van der Waals surface area contributed by atoms with Gasteiger partial charge in [0, 0.05) is 11.6 Å². The third-order valence-electron chi connectivity index (χ3n) is 1.98. The number of nitrogens with one attached hydrogen (secondary N) is 1. The molecule has 0 aliphatic carbocycles. The highest BCUT2D eigenvalue weighted by molar-refractivity contribution is 9.10. The van der Waals surface area contributed by atoms with E-state index in [0.717, 1.165) is 0 Å². The molecule has 0 radical (unpaired) electrons. The first-order valence-corrected chi connectivity index (χ1v) is 6.36. The predicted octanol–water partition coefficient (Wildman–Crippen LogP) is 2.02. The highest BCUT2D eigenvalue weighted by atomic mass is 79.9. The van der Waals surface area contributed by atoms with E-state index in [-0.39, 0.29) is 12.5 Å². The van der Waals surface area contributed by atoms with Crippen LogP contribution in [0.5, 0.6) is 5.75 Å². The van der Waals surface area contributed by atoms with Gasteiger partial charge < -0.3 is 20.5 Å². The van der Waals surface area contributed by atoms with Gasteiger partial charge in [0.05, 0.1) is 23.9 Å². The number of ether oxygens (including phenoxy) is 2. The SMILES string of the molecule is COc1c(Br)cc(Cl)cc1NC(=O)COCCN. The van der Waals surface area contributed by atoms with Crippen molar-refractivity contribution in [3.05, 3.63) is 21.6 Å². The first kappa shape index (κ1) is 15.2. The van der Waals surface area contributed by atoms with Crippen molar-refractivity contribution in [3.8, 4) is 5.75 Å². The third kappa shape index (κ3) is 4.45. The van der Waals surface area contributed by atoms with Gasteiger partial charge in [-0.15, -0.1) is 0 Å². The molecule has 1 rings (SSSR count). The summed E-state index contributed by atoms with van der Waals surface area (Å²) < 4.78 is 10.9. The monoisotopic (exact) mass is 336 g/mol. The molecule has 1 aromatic rings. The molecule has 0 aliphatic rings. The van der Waals surface area contributed by atoms with Gasteiger partial charge in [0.25, 0.3) is 0 Å². The van der Waals surface area contributed by atoms with Gasteiger partial charge in [-0.3, -0.25) is 4.79 Å². The molecule has 0 fully saturated rings. The zero-order valence-corrected chi connectivity index (χ0v) is 12.2.